The molecule has 0 aromatic carbocycles. The van der Waals surface area contributed by atoms with E-state index in [1.807, 2.05) is 12.4 Å². The van der Waals surface area contributed by atoms with Gasteiger partial charge in [0.05, 0.1) is 0 Å². The Morgan fingerprint density at radius 2 is 2.11 bits per heavy atom. The van der Waals surface area contributed by atoms with Gasteiger partial charge in [-0.3, -0.25) is 0 Å². The van der Waals surface area contributed by atoms with Gasteiger partial charge in [0, 0.05) is 25.5 Å². The van der Waals surface area contributed by atoms with Crippen molar-refractivity contribution in [1.29, 1.82) is 0 Å². The van der Waals surface area contributed by atoms with Gasteiger partial charge in [0.25, 0.3) is 0 Å². The molecule has 1 fully saturated rings. The summed E-state index contributed by atoms with van der Waals surface area (Å²) in [5.74, 6) is 2.25. The van der Waals surface area contributed by atoms with E-state index in [1.165, 1.54) is 12.0 Å². The van der Waals surface area contributed by atoms with Crippen molar-refractivity contribution in [3.8, 4) is 0 Å². The minimum atomic E-state index is 0.653. The molecule has 1 aromatic rings. The van der Waals surface area contributed by atoms with Gasteiger partial charge in [-0.05, 0) is 43.2 Å². The maximum Gasteiger partial charge on any atom is 0.225 e. The second kappa shape index (κ2) is 6.14. The highest BCUT2D eigenvalue weighted by atomic mass is 15.3. The fraction of sp³-hybridized carbons (Fsp3) is 0.714. The molecule has 1 unspecified atom stereocenters. The van der Waals surface area contributed by atoms with Crippen LogP contribution in [0.15, 0.2) is 12.4 Å². The molecular weight excluding hydrogens is 224 g/mol. The fourth-order valence-electron chi connectivity index (χ4n) is 2.57. The summed E-state index contributed by atoms with van der Waals surface area (Å²) in [6.07, 6.45) is 7.32. The summed E-state index contributed by atoms with van der Waals surface area (Å²) in [6.45, 7) is 7.33. The van der Waals surface area contributed by atoms with Crippen LogP contribution in [0.2, 0.25) is 0 Å². The molecule has 0 saturated carbocycles. The zero-order valence-corrected chi connectivity index (χ0v) is 11.5. The predicted octanol–water partition coefficient (Wildman–Crippen LogP) is 1.85. The van der Waals surface area contributed by atoms with Crippen molar-refractivity contribution >= 4 is 5.95 Å². The highest BCUT2D eigenvalue weighted by Crippen LogP contribution is 2.22. The number of hydrogen-bond acceptors (Lipinski definition) is 4. The van der Waals surface area contributed by atoms with Crippen molar-refractivity contribution < 1.29 is 0 Å². The summed E-state index contributed by atoms with van der Waals surface area (Å²) in [5, 5.41) is 0. The third-order valence-corrected chi connectivity index (χ3v) is 3.48. The average Bonchev–Trinajstić information content (AvgIpc) is 2.78. The number of hydrogen-bond donors (Lipinski definition) is 1. The van der Waals surface area contributed by atoms with Crippen molar-refractivity contribution in [1.82, 2.24) is 9.97 Å². The quantitative estimate of drug-likeness (QED) is 0.864. The van der Waals surface area contributed by atoms with Crippen LogP contribution in [0.3, 0.4) is 0 Å². The average molecular weight is 248 g/mol. The molecule has 4 heteroatoms. The van der Waals surface area contributed by atoms with Crippen LogP contribution in [0.4, 0.5) is 5.95 Å². The van der Waals surface area contributed by atoms with E-state index in [0.29, 0.717) is 11.8 Å². The first-order valence-corrected chi connectivity index (χ1v) is 6.95. The fourth-order valence-corrected chi connectivity index (χ4v) is 2.57. The molecule has 2 heterocycles. The lowest BCUT2D eigenvalue weighted by atomic mass is 10.1. The summed E-state index contributed by atoms with van der Waals surface area (Å²) in [6, 6.07) is 0. The van der Waals surface area contributed by atoms with Gasteiger partial charge in [-0.25, -0.2) is 9.97 Å². The SMILES string of the molecule is CC(C)Cc1cnc(N2CCC(CCN)C2)nc1. The van der Waals surface area contributed by atoms with E-state index in [2.05, 4.69) is 28.7 Å². The van der Waals surface area contributed by atoms with E-state index in [-0.39, 0.29) is 0 Å². The molecular formula is C14H24N4. The van der Waals surface area contributed by atoms with Gasteiger partial charge < -0.3 is 10.6 Å². The third kappa shape index (κ3) is 3.42. The molecule has 1 saturated heterocycles. The monoisotopic (exact) mass is 248 g/mol. The highest BCUT2D eigenvalue weighted by molar-refractivity contribution is 5.31. The topological polar surface area (TPSA) is 55.0 Å². The minimum Gasteiger partial charge on any atom is -0.341 e. The number of nitrogens with zero attached hydrogens (tertiary/aromatic N) is 3. The summed E-state index contributed by atoms with van der Waals surface area (Å²) < 4.78 is 0. The second-order valence-electron chi connectivity index (χ2n) is 5.67. The van der Waals surface area contributed by atoms with Crippen molar-refractivity contribution in [3.05, 3.63) is 18.0 Å². The van der Waals surface area contributed by atoms with Crippen molar-refractivity contribution in [2.75, 3.05) is 24.5 Å². The van der Waals surface area contributed by atoms with Crippen LogP contribution < -0.4 is 10.6 Å². The molecule has 0 aliphatic carbocycles. The summed E-state index contributed by atoms with van der Waals surface area (Å²) in [4.78, 5) is 11.3. The predicted molar refractivity (Wildman–Crippen MR) is 74.6 cm³/mol. The van der Waals surface area contributed by atoms with Gasteiger partial charge >= 0.3 is 0 Å². The summed E-state index contributed by atoms with van der Waals surface area (Å²) in [5.41, 5.74) is 6.84. The zero-order chi connectivity index (χ0) is 13.0. The van der Waals surface area contributed by atoms with E-state index >= 15 is 0 Å². The molecule has 2 N–H and O–H groups in total. The van der Waals surface area contributed by atoms with Gasteiger partial charge in [0.2, 0.25) is 5.95 Å². The lowest BCUT2D eigenvalue weighted by Gasteiger charge is -2.16. The van der Waals surface area contributed by atoms with E-state index in [0.717, 1.165) is 38.4 Å². The summed E-state index contributed by atoms with van der Waals surface area (Å²) >= 11 is 0. The first-order chi connectivity index (χ1) is 8.69. The molecule has 0 radical (unpaired) electrons. The molecule has 1 aliphatic heterocycles. The second-order valence-corrected chi connectivity index (χ2v) is 5.67. The van der Waals surface area contributed by atoms with Crippen molar-refractivity contribution in [3.63, 3.8) is 0 Å². The van der Waals surface area contributed by atoms with Gasteiger partial charge in [0.1, 0.15) is 0 Å². The van der Waals surface area contributed by atoms with Crippen LogP contribution in [-0.4, -0.2) is 29.6 Å². The third-order valence-electron chi connectivity index (χ3n) is 3.48. The van der Waals surface area contributed by atoms with Gasteiger partial charge in [-0.2, -0.15) is 0 Å². The standard InChI is InChI=1S/C14H24N4/c1-11(2)7-13-8-16-14(17-9-13)18-6-4-12(10-18)3-5-15/h8-9,11-12H,3-7,10,15H2,1-2H3. The Hall–Kier alpha value is -1.16. The van der Waals surface area contributed by atoms with E-state index in [1.54, 1.807) is 0 Å². The molecule has 0 spiro atoms. The largest absolute Gasteiger partial charge is 0.341 e. The maximum atomic E-state index is 5.61. The Balaban J connectivity index is 1.94. The smallest absolute Gasteiger partial charge is 0.225 e. The van der Waals surface area contributed by atoms with E-state index in [4.69, 9.17) is 5.73 Å². The van der Waals surface area contributed by atoms with E-state index < -0.39 is 0 Å². The molecule has 0 bridgehead atoms. The van der Waals surface area contributed by atoms with Gasteiger partial charge in [0.15, 0.2) is 0 Å². The van der Waals surface area contributed by atoms with Gasteiger partial charge in [-0.15, -0.1) is 0 Å². The van der Waals surface area contributed by atoms with Crippen molar-refractivity contribution in [2.24, 2.45) is 17.6 Å². The maximum absolute atomic E-state index is 5.61. The normalized spacial score (nSPS) is 19.8. The highest BCUT2D eigenvalue weighted by Gasteiger charge is 2.23. The zero-order valence-electron chi connectivity index (χ0n) is 11.5. The molecule has 2 rings (SSSR count). The van der Waals surface area contributed by atoms with Crippen LogP contribution >= 0.6 is 0 Å². The number of nitrogens with two attached hydrogens (primary N) is 1. The van der Waals surface area contributed by atoms with Crippen LogP contribution in [0.5, 0.6) is 0 Å². The number of aromatic nitrogens is 2. The van der Waals surface area contributed by atoms with Gasteiger partial charge in [-0.1, -0.05) is 13.8 Å². The summed E-state index contributed by atoms with van der Waals surface area (Å²) in [7, 11) is 0. The Morgan fingerprint density at radius 1 is 1.39 bits per heavy atom. The van der Waals surface area contributed by atoms with Crippen LogP contribution in [0, 0.1) is 11.8 Å². The Morgan fingerprint density at radius 3 is 2.72 bits per heavy atom. The van der Waals surface area contributed by atoms with Crippen LogP contribution in [0.1, 0.15) is 32.3 Å². The van der Waals surface area contributed by atoms with Crippen LogP contribution in [0.25, 0.3) is 0 Å². The molecule has 1 atom stereocenters. The number of rotatable bonds is 5. The van der Waals surface area contributed by atoms with Crippen LogP contribution in [-0.2, 0) is 6.42 Å². The molecule has 1 aromatic heterocycles. The first-order valence-electron chi connectivity index (χ1n) is 6.95. The molecule has 4 nitrogen and oxygen atoms in total. The first kappa shape index (κ1) is 13.3. The molecule has 18 heavy (non-hydrogen) atoms. The lowest BCUT2D eigenvalue weighted by Crippen LogP contribution is -2.22. The Kier molecular flexibility index (Phi) is 4.53. The molecule has 1 aliphatic rings. The molecule has 0 amide bonds. The Labute approximate surface area is 110 Å². The van der Waals surface area contributed by atoms with E-state index in [9.17, 15) is 0 Å². The lowest BCUT2D eigenvalue weighted by molar-refractivity contribution is 0.545. The van der Waals surface area contributed by atoms with Crippen molar-refractivity contribution in [2.45, 2.75) is 33.1 Å². The molecule has 100 valence electrons. The Bertz CT molecular complexity index is 361. The minimum absolute atomic E-state index is 0.653. The number of anilines is 1.